The van der Waals surface area contributed by atoms with Crippen LogP contribution >= 0.6 is 0 Å². The topological polar surface area (TPSA) is 12.5 Å². The van der Waals surface area contributed by atoms with Crippen molar-refractivity contribution < 1.29 is 4.74 Å². The molecule has 1 saturated carbocycles. The predicted molar refractivity (Wildman–Crippen MR) is 50.1 cm³/mol. The molecular weight excluding hydrogens is 148 g/mol. The second-order valence-electron chi connectivity index (χ2n) is 4.66. The van der Waals surface area contributed by atoms with Crippen molar-refractivity contribution in [2.24, 2.45) is 11.8 Å². The van der Waals surface area contributed by atoms with Crippen molar-refractivity contribution in [3.05, 3.63) is 0 Å². The van der Waals surface area contributed by atoms with Gasteiger partial charge in [-0.2, -0.15) is 0 Å². The van der Waals surface area contributed by atoms with E-state index in [-0.39, 0.29) is 0 Å². The molecule has 1 saturated heterocycles. The van der Waals surface area contributed by atoms with Crippen LogP contribution in [0.4, 0.5) is 0 Å². The standard InChI is InChI=1S/C11H20O/c1-9-2-4-10(5-3-9)6-7-11-8-12-11/h9-11H,2-8H2,1H3. The lowest BCUT2D eigenvalue weighted by Crippen LogP contribution is -2.12. The highest BCUT2D eigenvalue weighted by atomic mass is 16.6. The van der Waals surface area contributed by atoms with Gasteiger partial charge in [-0.3, -0.25) is 0 Å². The van der Waals surface area contributed by atoms with Gasteiger partial charge < -0.3 is 4.74 Å². The van der Waals surface area contributed by atoms with Crippen LogP contribution in [0, 0.1) is 11.8 Å². The zero-order chi connectivity index (χ0) is 8.39. The molecule has 0 aromatic carbocycles. The quantitative estimate of drug-likeness (QED) is 0.590. The fourth-order valence-corrected chi connectivity index (χ4v) is 2.27. The summed E-state index contributed by atoms with van der Waals surface area (Å²) < 4.78 is 5.22. The third kappa shape index (κ3) is 2.48. The minimum Gasteiger partial charge on any atom is -0.373 e. The highest BCUT2D eigenvalue weighted by molar-refractivity contribution is 4.74. The molecule has 1 nitrogen and oxygen atoms in total. The molecule has 0 radical (unpaired) electrons. The molecule has 0 amide bonds. The van der Waals surface area contributed by atoms with Gasteiger partial charge in [-0.25, -0.2) is 0 Å². The van der Waals surface area contributed by atoms with E-state index >= 15 is 0 Å². The van der Waals surface area contributed by atoms with Gasteiger partial charge in [-0.15, -0.1) is 0 Å². The summed E-state index contributed by atoms with van der Waals surface area (Å²) in [7, 11) is 0. The summed E-state index contributed by atoms with van der Waals surface area (Å²) in [5.74, 6) is 2.03. The summed E-state index contributed by atoms with van der Waals surface area (Å²) in [6.45, 7) is 3.43. The van der Waals surface area contributed by atoms with E-state index in [9.17, 15) is 0 Å². The first kappa shape index (κ1) is 8.55. The third-order valence-corrected chi connectivity index (χ3v) is 3.43. The Kier molecular flexibility index (Phi) is 2.69. The van der Waals surface area contributed by atoms with Crippen LogP contribution in [0.1, 0.15) is 45.4 Å². The highest BCUT2D eigenvalue weighted by Gasteiger charge is 2.25. The maximum atomic E-state index is 5.22. The van der Waals surface area contributed by atoms with Gasteiger partial charge in [0, 0.05) is 0 Å². The van der Waals surface area contributed by atoms with Crippen molar-refractivity contribution in [3.8, 4) is 0 Å². The molecule has 0 N–H and O–H groups in total. The number of rotatable bonds is 3. The first-order chi connectivity index (χ1) is 5.84. The normalized spacial score (nSPS) is 41.2. The van der Waals surface area contributed by atoms with E-state index in [4.69, 9.17) is 4.74 Å². The minimum atomic E-state index is 0.657. The van der Waals surface area contributed by atoms with Crippen molar-refractivity contribution in [1.82, 2.24) is 0 Å². The first-order valence-electron chi connectivity index (χ1n) is 5.46. The lowest BCUT2D eigenvalue weighted by Gasteiger charge is -2.25. The molecule has 0 aromatic rings. The van der Waals surface area contributed by atoms with Crippen molar-refractivity contribution in [3.63, 3.8) is 0 Å². The third-order valence-electron chi connectivity index (χ3n) is 3.43. The molecular formula is C11H20O. The number of hydrogen-bond acceptors (Lipinski definition) is 1. The summed E-state index contributed by atoms with van der Waals surface area (Å²) in [6.07, 6.45) is 9.31. The van der Waals surface area contributed by atoms with Gasteiger partial charge in [-0.05, 0) is 24.7 Å². The molecule has 2 rings (SSSR count). The molecule has 1 atom stereocenters. The van der Waals surface area contributed by atoms with Crippen molar-refractivity contribution >= 4 is 0 Å². The number of epoxide rings is 1. The smallest absolute Gasteiger partial charge is 0.0810 e. The van der Waals surface area contributed by atoms with Gasteiger partial charge in [0.1, 0.15) is 0 Å². The molecule has 0 spiro atoms. The molecule has 1 aliphatic heterocycles. The average Bonchev–Trinajstić information content (AvgIpc) is 2.87. The summed E-state index contributed by atoms with van der Waals surface area (Å²) >= 11 is 0. The lowest BCUT2D eigenvalue weighted by molar-refractivity contribution is 0.263. The Balaban J connectivity index is 1.60. The fourth-order valence-electron chi connectivity index (χ4n) is 2.27. The first-order valence-corrected chi connectivity index (χ1v) is 5.46. The largest absolute Gasteiger partial charge is 0.373 e. The summed E-state index contributed by atoms with van der Waals surface area (Å²) in [6, 6.07) is 0. The Morgan fingerprint density at radius 1 is 1.08 bits per heavy atom. The van der Waals surface area contributed by atoms with Crippen LogP contribution in [-0.4, -0.2) is 12.7 Å². The Morgan fingerprint density at radius 3 is 2.33 bits per heavy atom. The number of ether oxygens (including phenoxy) is 1. The van der Waals surface area contributed by atoms with Crippen LogP contribution in [0.25, 0.3) is 0 Å². The van der Waals surface area contributed by atoms with Crippen LogP contribution in [0.3, 0.4) is 0 Å². The Bertz CT molecular complexity index is 132. The van der Waals surface area contributed by atoms with E-state index in [0.717, 1.165) is 18.4 Å². The van der Waals surface area contributed by atoms with Gasteiger partial charge in [0.25, 0.3) is 0 Å². The molecule has 1 aliphatic carbocycles. The molecule has 0 bridgehead atoms. The van der Waals surface area contributed by atoms with Crippen LogP contribution in [-0.2, 0) is 4.74 Å². The Labute approximate surface area is 75.5 Å². The highest BCUT2D eigenvalue weighted by Crippen LogP contribution is 2.32. The SMILES string of the molecule is CC1CCC(CCC2CO2)CC1. The fraction of sp³-hybridized carbons (Fsp3) is 1.00. The van der Waals surface area contributed by atoms with Crippen LogP contribution in [0.2, 0.25) is 0 Å². The van der Waals surface area contributed by atoms with E-state index in [1.54, 1.807) is 0 Å². The number of hydrogen-bond donors (Lipinski definition) is 0. The zero-order valence-corrected chi connectivity index (χ0v) is 8.09. The molecule has 12 heavy (non-hydrogen) atoms. The predicted octanol–water partition coefficient (Wildman–Crippen LogP) is 2.99. The van der Waals surface area contributed by atoms with Gasteiger partial charge in [-0.1, -0.05) is 32.6 Å². The molecule has 0 aromatic heterocycles. The van der Waals surface area contributed by atoms with Crippen LogP contribution in [0.15, 0.2) is 0 Å². The Morgan fingerprint density at radius 2 is 1.75 bits per heavy atom. The van der Waals surface area contributed by atoms with Crippen LogP contribution < -0.4 is 0 Å². The van der Waals surface area contributed by atoms with E-state index in [0.29, 0.717) is 6.10 Å². The van der Waals surface area contributed by atoms with Crippen molar-refractivity contribution in [2.75, 3.05) is 6.61 Å². The molecule has 70 valence electrons. The van der Waals surface area contributed by atoms with E-state index in [1.165, 1.54) is 38.5 Å². The second kappa shape index (κ2) is 3.78. The summed E-state index contributed by atoms with van der Waals surface area (Å²) in [5.41, 5.74) is 0. The van der Waals surface area contributed by atoms with Crippen molar-refractivity contribution in [2.45, 2.75) is 51.6 Å². The average molecular weight is 168 g/mol. The maximum absolute atomic E-state index is 5.22. The van der Waals surface area contributed by atoms with Gasteiger partial charge in [0.15, 0.2) is 0 Å². The van der Waals surface area contributed by atoms with Gasteiger partial charge in [0.2, 0.25) is 0 Å². The van der Waals surface area contributed by atoms with E-state index in [2.05, 4.69) is 6.92 Å². The summed E-state index contributed by atoms with van der Waals surface area (Å²) in [5, 5.41) is 0. The monoisotopic (exact) mass is 168 g/mol. The van der Waals surface area contributed by atoms with E-state index in [1.807, 2.05) is 0 Å². The molecule has 2 aliphatic rings. The molecule has 2 fully saturated rings. The summed E-state index contributed by atoms with van der Waals surface area (Å²) in [4.78, 5) is 0. The second-order valence-corrected chi connectivity index (χ2v) is 4.66. The van der Waals surface area contributed by atoms with Gasteiger partial charge in [0.05, 0.1) is 12.7 Å². The van der Waals surface area contributed by atoms with E-state index < -0.39 is 0 Å². The molecule has 1 heteroatoms. The van der Waals surface area contributed by atoms with Crippen LogP contribution in [0.5, 0.6) is 0 Å². The lowest BCUT2D eigenvalue weighted by atomic mass is 9.81. The van der Waals surface area contributed by atoms with Crippen molar-refractivity contribution in [1.29, 1.82) is 0 Å². The molecule has 1 unspecified atom stereocenters. The zero-order valence-electron chi connectivity index (χ0n) is 8.09. The maximum Gasteiger partial charge on any atom is 0.0810 e. The Hall–Kier alpha value is -0.0400. The molecule has 1 heterocycles. The van der Waals surface area contributed by atoms with Gasteiger partial charge >= 0.3 is 0 Å². The minimum absolute atomic E-state index is 0.657.